The van der Waals surface area contributed by atoms with Crippen LogP contribution in [0.4, 0.5) is 0 Å². The molecule has 0 saturated carbocycles. The number of carbonyl (C=O) groups is 2. The molecule has 1 unspecified atom stereocenters. The zero-order chi connectivity index (χ0) is 21.0. The summed E-state index contributed by atoms with van der Waals surface area (Å²) in [6, 6.07) is 8.04. The summed E-state index contributed by atoms with van der Waals surface area (Å²) in [5, 5.41) is 11.4. The molecule has 3 rings (SSSR count). The maximum atomic E-state index is 12.1. The van der Waals surface area contributed by atoms with Crippen LogP contribution in [0.2, 0.25) is 0 Å². The maximum absolute atomic E-state index is 12.1. The van der Waals surface area contributed by atoms with Crippen molar-refractivity contribution < 1.29 is 19.4 Å². The van der Waals surface area contributed by atoms with E-state index in [0.717, 1.165) is 38.0 Å². The normalized spacial score (nSPS) is 24.3. The Kier molecular flexibility index (Phi) is 6.80. The number of hydrogen-bond acceptors (Lipinski definition) is 5. The number of rotatable bonds is 4. The predicted molar refractivity (Wildman–Crippen MR) is 111 cm³/mol. The minimum absolute atomic E-state index is 0.0352. The van der Waals surface area contributed by atoms with Crippen LogP contribution < -0.4 is 4.74 Å². The smallest absolute Gasteiger partial charge is 0.219 e. The van der Waals surface area contributed by atoms with Crippen molar-refractivity contribution in [3.8, 4) is 5.75 Å². The first kappa shape index (κ1) is 21.6. The van der Waals surface area contributed by atoms with Gasteiger partial charge in [0, 0.05) is 52.6 Å². The number of carbonyl (C=O) groups excluding carboxylic acids is 2. The third kappa shape index (κ3) is 5.70. The van der Waals surface area contributed by atoms with E-state index in [9.17, 15) is 14.7 Å². The van der Waals surface area contributed by atoms with E-state index in [1.54, 1.807) is 18.7 Å². The fourth-order valence-electron chi connectivity index (χ4n) is 4.26. The largest absolute Gasteiger partial charge is 0.490 e. The zero-order valence-electron chi connectivity index (χ0n) is 17.8. The Morgan fingerprint density at radius 3 is 2.21 bits per heavy atom. The van der Waals surface area contributed by atoms with Gasteiger partial charge in [0.15, 0.2) is 0 Å². The van der Waals surface area contributed by atoms with Crippen molar-refractivity contribution in [3.05, 3.63) is 29.8 Å². The molecule has 2 aliphatic heterocycles. The van der Waals surface area contributed by atoms with Gasteiger partial charge in [0.2, 0.25) is 11.8 Å². The highest BCUT2D eigenvalue weighted by Gasteiger charge is 2.39. The van der Waals surface area contributed by atoms with E-state index in [4.69, 9.17) is 4.74 Å². The van der Waals surface area contributed by atoms with Gasteiger partial charge in [0.25, 0.3) is 0 Å². The molecular formula is C22H33N3O4. The first-order chi connectivity index (χ1) is 13.8. The third-order valence-corrected chi connectivity index (χ3v) is 6.04. The summed E-state index contributed by atoms with van der Waals surface area (Å²) in [6.07, 6.45) is 1.77. The van der Waals surface area contributed by atoms with Gasteiger partial charge in [-0.3, -0.25) is 14.5 Å². The lowest BCUT2D eigenvalue weighted by Gasteiger charge is -2.40. The van der Waals surface area contributed by atoms with Crippen molar-refractivity contribution in [1.82, 2.24) is 14.7 Å². The molecule has 0 spiro atoms. The molecule has 0 aliphatic carbocycles. The average Bonchev–Trinajstić information content (AvgIpc) is 2.87. The Morgan fingerprint density at radius 2 is 1.62 bits per heavy atom. The summed E-state index contributed by atoms with van der Waals surface area (Å²) >= 11 is 0. The fourth-order valence-corrected chi connectivity index (χ4v) is 4.26. The molecule has 7 nitrogen and oxygen atoms in total. The summed E-state index contributed by atoms with van der Waals surface area (Å²) in [7, 11) is 0. The van der Waals surface area contributed by atoms with E-state index < -0.39 is 5.60 Å². The molecule has 0 radical (unpaired) electrons. The lowest BCUT2D eigenvalue weighted by atomic mass is 9.99. The molecular weight excluding hydrogens is 370 g/mol. The predicted octanol–water partition coefficient (Wildman–Crippen LogP) is 1.28. The molecule has 2 heterocycles. The van der Waals surface area contributed by atoms with Gasteiger partial charge in [-0.25, -0.2) is 0 Å². The van der Waals surface area contributed by atoms with Crippen molar-refractivity contribution in [3.63, 3.8) is 0 Å². The molecule has 0 aromatic heterocycles. The van der Waals surface area contributed by atoms with Gasteiger partial charge in [0.05, 0.1) is 6.54 Å². The molecule has 2 amide bonds. The van der Waals surface area contributed by atoms with Crippen LogP contribution in [0.1, 0.15) is 32.3 Å². The topological polar surface area (TPSA) is 73.3 Å². The highest BCUT2D eigenvalue weighted by Crippen LogP contribution is 2.24. The summed E-state index contributed by atoms with van der Waals surface area (Å²) in [5.74, 6) is 0.793. The number of amides is 2. The quantitative estimate of drug-likeness (QED) is 0.820. The van der Waals surface area contributed by atoms with Gasteiger partial charge < -0.3 is 19.6 Å². The molecule has 160 valence electrons. The number of nitrogens with zero attached hydrogens (tertiary/aromatic N) is 3. The van der Waals surface area contributed by atoms with Crippen molar-refractivity contribution in [2.24, 2.45) is 0 Å². The number of β-amino-alcohol motifs (C(OH)–C–C–N with tert-alkyl or cyclic N) is 1. The SMILES string of the molecule is CC(=O)N1CCC(N2CCN(C(C)=O)CC(O)(COc3ccc(C)cc3)C2)CC1. The molecule has 1 N–H and O–H groups in total. The Bertz CT molecular complexity index is 715. The number of hydrogen-bond donors (Lipinski definition) is 1. The van der Waals surface area contributed by atoms with Crippen molar-refractivity contribution in [1.29, 1.82) is 0 Å². The monoisotopic (exact) mass is 403 g/mol. The summed E-state index contributed by atoms with van der Waals surface area (Å²) in [6.45, 7) is 8.80. The molecule has 1 aromatic carbocycles. The minimum Gasteiger partial charge on any atom is -0.490 e. The van der Waals surface area contributed by atoms with Crippen LogP contribution in [-0.4, -0.2) is 89.1 Å². The Labute approximate surface area is 173 Å². The van der Waals surface area contributed by atoms with E-state index in [1.165, 1.54) is 0 Å². The molecule has 2 aliphatic rings. The fraction of sp³-hybridized carbons (Fsp3) is 0.636. The molecule has 1 aromatic rings. The lowest BCUT2D eigenvalue weighted by Crippen LogP contribution is -2.54. The van der Waals surface area contributed by atoms with Crippen LogP contribution in [0.3, 0.4) is 0 Å². The number of piperidine rings is 1. The molecule has 2 fully saturated rings. The van der Waals surface area contributed by atoms with E-state index in [-0.39, 0.29) is 25.0 Å². The standard InChI is InChI=1S/C22H33N3O4/c1-17-4-6-21(7-5-17)29-16-22(28)14-24(19(3)27)12-13-25(15-22)20-8-10-23(11-9-20)18(2)26/h4-7,20,28H,8-16H2,1-3H3. The van der Waals surface area contributed by atoms with Crippen LogP contribution in [0, 0.1) is 6.92 Å². The van der Waals surface area contributed by atoms with E-state index in [2.05, 4.69) is 4.90 Å². The van der Waals surface area contributed by atoms with Crippen molar-refractivity contribution in [2.45, 2.75) is 45.3 Å². The van der Waals surface area contributed by atoms with Crippen LogP contribution in [-0.2, 0) is 9.59 Å². The Balaban J connectivity index is 1.68. The van der Waals surface area contributed by atoms with Gasteiger partial charge in [-0.15, -0.1) is 0 Å². The van der Waals surface area contributed by atoms with Crippen molar-refractivity contribution in [2.75, 3.05) is 45.9 Å². The van der Waals surface area contributed by atoms with E-state index >= 15 is 0 Å². The van der Waals surface area contributed by atoms with Crippen LogP contribution in [0.15, 0.2) is 24.3 Å². The molecule has 1 atom stereocenters. The van der Waals surface area contributed by atoms with Crippen molar-refractivity contribution >= 4 is 11.8 Å². The summed E-state index contributed by atoms with van der Waals surface area (Å²) in [5.41, 5.74) is 0.00136. The number of ether oxygens (including phenoxy) is 1. The van der Waals surface area contributed by atoms with Gasteiger partial charge >= 0.3 is 0 Å². The van der Waals surface area contributed by atoms with Crippen LogP contribution in [0.5, 0.6) is 5.75 Å². The zero-order valence-corrected chi connectivity index (χ0v) is 17.8. The second-order valence-electron chi connectivity index (χ2n) is 8.47. The first-order valence-electron chi connectivity index (χ1n) is 10.4. The van der Waals surface area contributed by atoms with Gasteiger partial charge in [-0.2, -0.15) is 0 Å². The average molecular weight is 404 g/mol. The van der Waals surface area contributed by atoms with Gasteiger partial charge in [-0.1, -0.05) is 17.7 Å². The van der Waals surface area contributed by atoms with E-state index in [0.29, 0.717) is 24.9 Å². The van der Waals surface area contributed by atoms with Gasteiger partial charge in [0.1, 0.15) is 18.0 Å². The van der Waals surface area contributed by atoms with Gasteiger partial charge in [-0.05, 0) is 31.9 Å². The second-order valence-corrected chi connectivity index (χ2v) is 8.47. The maximum Gasteiger partial charge on any atom is 0.219 e. The highest BCUT2D eigenvalue weighted by molar-refractivity contribution is 5.73. The second kappa shape index (κ2) is 9.13. The first-order valence-corrected chi connectivity index (χ1v) is 10.4. The number of aryl methyl sites for hydroxylation is 1. The molecule has 0 bridgehead atoms. The van der Waals surface area contributed by atoms with Crippen LogP contribution >= 0.6 is 0 Å². The number of benzene rings is 1. The molecule has 7 heteroatoms. The number of likely N-dealkylation sites (tertiary alicyclic amines) is 1. The molecule has 29 heavy (non-hydrogen) atoms. The summed E-state index contributed by atoms with van der Waals surface area (Å²) < 4.78 is 5.90. The summed E-state index contributed by atoms with van der Waals surface area (Å²) in [4.78, 5) is 29.5. The third-order valence-electron chi connectivity index (χ3n) is 6.04. The minimum atomic E-state index is -1.15. The lowest BCUT2D eigenvalue weighted by molar-refractivity contribution is -0.132. The number of aliphatic hydroxyl groups is 1. The van der Waals surface area contributed by atoms with Crippen LogP contribution in [0.25, 0.3) is 0 Å². The Morgan fingerprint density at radius 1 is 1.00 bits per heavy atom. The van der Waals surface area contributed by atoms with E-state index in [1.807, 2.05) is 36.1 Å². The molecule has 2 saturated heterocycles. The Hall–Kier alpha value is -2.12. The highest BCUT2D eigenvalue weighted by atomic mass is 16.5.